The average molecular weight is 209 g/mol. The zero-order chi connectivity index (χ0) is 11.4. The standard InChI is InChI=1S/C12H19NO2/c1-4-6-7-13-9(3)10(5-2)8-11(14)12(13)15/h4-8H2,1-3H3. The molecule has 0 saturated heterocycles. The minimum atomic E-state index is -0.321. The highest BCUT2D eigenvalue weighted by Crippen LogP contribution is 2.23. The molecule has 1 aliphatic rings. The summed E-state index contributed by atoms with van der Waals surface area (Å²) in [7, 11) is 0. The molecule has 0 fully saturated rings. The number of rotatable bonds is 4. The molecule has 0 radical (unpaired) electrons. The second-order valence-electron chi connectivity index (χ2n) is 3.95. The summed E-state index contributed by atoms with van der Waals surface area (Å²) < 4.78 is 0. The summed E-state index contributed by atoms with van der Waals surface area (Å²) in [6.07, 6.45) is 3.16. The van der Waals surface area contributed by atoms with Crippen molar-refractivity contribution in [2.24, 2.45) is 0 Å². The number of allylic oxidation sites excluding steroid dienone is 2. The van der Waals surface area contributed by atoms with Crippen LogP contribution < -0.4 is 0 Å². The van der Waals surface area contributed by atoms with Gasteiger partial charge in [-0.05, 0) is 25.3 Å². The molecule has 15 heavy (non-hydrogen) atoms. The van der Waals surface area contributed by atoms with Crippen LogP contribution in [0.4, 0.5) is 0 Å². The van der Waals surface area contributed by atoms with E-state index in [1.165, 1.54) is 0 Å². The Kier molecular flexibility index (Phi) is 4.06. The molecule has 0 atom stereocenters. The number of carbonyl (C=O) groups is 2. The lowest BCUT2D eigenvalue weighted by atomic mass is 9.98. The predicted molar refractivity (Wildman–Crippen MR) is 59.2 cm³/mol. The third-order valence-electron chi connectivity index (χ3n) is 2.94. The molecular weight excluding hydrogens is 190 g/mol. The molecular formula is C12H19NO2. The van der Waals surface area contributed by atoms with Crippen molar-refractivity contribution in [3.05, 3.63) is 11.3 Å². The first-order chi connectivity index (χ1) is 7.11. The first-order valence-electron chi connectivity index (χ1n) is 5.65. The normalized spacial score (nSPS) is 17.7. The summed E-state index contributed by atoms with van der Waals surface area (Å²) in [5, 5.41) is 0. The summed E-state index contributed by atoms with van der Waals surface area (Å²) in [4.78, 5) is 24.7. The Morgan fingerprint density at radius 2 is 1.93 bits per heavy atom. The van der Waals surface area contributed by atoms with E-state index in [-0.39, 0.29) is 11.7 Å². The molecule has 1 amide bonds. The molecule has 0 aromatic heterocycles. The molecule has 84 valence electrons. The predicted octanol–water partition coefficient (Wildman–Crippen LogP) is 2.27. The smallest absolute Gasteiger partial charge is 0.294 e. The van der Waals surface area contributed by atoms with E-state index in [0.717, 1.165) is 30.5 Å². The van der Waals surface area contributed by atoms with Gasteiger partial charge in [0.1, 0.15) is 0 Å². The monoisotopic (exact) mass is 209 g/mol. The van der Waals surface area contributed by atoms with Crippen LogP contribution in [0.25, 0.3) is 0 Å². The number of hydrogen-bond donors (Lipinski definition) is 0. The Bertz CT molecular complexity index is 305. The van der Waals surface area contributed by atoms with Crippen LogP contribution in [0.15, 0.2) is 11.3 Å². The molecule has 0 aromatic rings. The van der Waals surface area contributed by atoms with Crippen LogP contribution in [0, 0.1) is 0 Å². The molecule has 0 aromatic carbocycles. The van der Waals surface area contributed by atoms with Gasteiger partial charge in [-0.2, -0.15) is 0 Å². The minimum Gasteiger partial charge on any atom is -0.310 e. The summed E-state index contributed by atoms with van der Waals surface area (Å²) in [5.41, 5.74) is 2.10. The van der Waals surface area contributed by atoms with Crippen LogP contribution >= 0.6 is 0 Å². The Labute approximate surface area is 91.1 Å². The van der Waals surface area contributed by atoms with E-state index in [0.29, 0.717) is 13.0 Å². The first kappa shape index (κ1) is 12.0. The topological polar surface area (TPSA) is 37.4 Å². The number of nitrogens with zero attached hydrogens (tertiary/aromatic N) is 1. The van der Waals surface area contributed by atoms with Gasteiger partial charge in [0.2, 0.25) is 5.78 Å². The molecule has 3 nitrogen and oxygen atoms in total. The van der Waals surface area contributed by atoms with Crippen molar-refractivity contribution >= 4 is 11.7 Å². The van der Waals surface area contributed by atoms with Crippen molar-refractivity contribution in [2.75, 3.05) is 6.54 Å². The molecule has 0 N–H and O–H groups in total. The van der Waals surface area contributed by atoms with E-state index < -0.39 is 0 Å². The van der Waals surface area contributed by atoms with Gasteiger partial charge in [-0.25, -0.2) is 0 Å². The number of ketones is 1. The van der Waals surface area contributed by atoms with Gasteiger partial charge in [-0.3, -0.25) is 9.59 Å². The lowest BCUT2D eigenvalue weighted by Crippen LogP contribution is -2.40. The summed E-state index contributed by atoms with van der Waals surface area (Å²) in [6.45, 7) is 6.73. The fourth-order valence-electron chi connectivity index (χ4n) is 1.86. The Morgan fingerprint density at radius 1 is 1.27 bits per heavy atom. The third kappa shape index (κ3) is 2.46. The van der Waals surface area contributed by atoms with E-state index in [2.05, 4.69) is 6.92 Å². The first-order valence-corrected chi connectivity index (χ1v) is 5.65. The lowest BCUT2D eigenvalue weighted by Gasteiger charge is -2.29. The van der Waals surface area contributed by atoms with Crippen molar-refractivity contribution in [1.29, 1.82) is 0 Å². The molecule has 0 unspecified atom stereocenters. The molecule has 3 heteroatoms. The van der Waals surface area contributed by atoms with Crippen LogP contribution in [0.3, 0.4) is 0 Å². The van der Waals surface area contributed by atoms with Gasteiger partial charge in [-0.1, -0.05) is 20.3 Å². The molecule has 1 rings (SSSR count). The van der Waals surface area contributed by atoms with Crippen LogP contribution in [-0.2, 0) is 9.59 Å². The van der Waals surface area contributed by atoms with Crippen LogP contribution in [0.5, 0.6) is 0 Å². The van der Waals surface area contributed by atoms with Gasteiger partial charge in [0.05, 0.1) is 0 Å². The van der Waals surface area contributed by atoms with Gasteiger partial charge in [-0.15, -0.1) is 0 Å². The van der Waals surface area contributed by atoms with E-state index in [4.69, 9.17) is 0 Å². The van der Waals surface area contributed by atoms with Crippen LogP contribution in [-0.4, -0.2) is 23.1 Å². The second-order valence-corrected chi connectivity index (χ2v) is 3.95. The summed E-state index contributed by atoms with van der Waals surface area (Å²) in [6, 6.07) is 0. The van der Waals surface area contributed by atoms with E-state index in [1.807, 2.05) is 13.8 Å². The number of carbonyl (C=O) groups excluding carboxylic acids is 2. The van der Waals surface area contributed by atoms with Gasteiger partial charge in [0, 0.05) is 18.7 Å². The lowest BCUT2D eigenvalue weighted by molar-refractivity contribution is -0.144. The van der Waals surface area contributed by atoms with Gasteiger partial charge in [0.25, 0.3) is 5.91 Å². The number of unbranched alkanes of at least 4 members (excludes halogenated alkanes) is 1. The van der Waals surface area contributed by atoms with Gasteiger partial charge in [0.15, 0.2) is 0 Å². The highest BCUT2D eigenvalue weighted by molar-refractivity contribution is 6.37. The number of Topliss-reactive ketones (excluding diaryl/α,β-unsaturated/α-hetero) is 1. The maximum absolute atomic E-state index is 11.6. The Balaban J connectivity index is 2.88. The highest BCUT2D eigenvalue weighted by atomic mass is 16.2. The van der Waals surface area contributed by atoms with E-state index in [9.17, 15) is 9.59 Å². The fourth-order valence-corrected chi connectivity index (χ4v) is 1.86. The molecule has 0 aliphatic carbocycles. The molecule has 0 saturated carbocycles. The zero-order valence-electron chi connectivity index (χ0n) is 9.80. The largest absolute Gasteiger partial charge is 0.310 e. The Morgan fingerprint density at radius 3 is 2.47 bits per heavy atom. The molecule has 1 heterocycles. The highest BCUT2D eigenvalue weighted by Gasteiger charge is 2.29. The molecule has 0 spiro atoms. The van der Waals surface area contributed by atoms with Crippen molar-refractivity contribution in [3.8, 4) is 0 Å². The van der Waals surface area contributed by atoms with E-state index in [1.54, 1.807) is 4.90 Å². The summed E-state index contributed by atoms with van der Waals surface area (Å²) >= 11 is 0. The van der Waals surface area contributed by atoms with Crippen molar-refractivity contribution in [2.45, 2.75) is 46.5 Å². The average Bonchev–Trinajstić information content (AvgIpc) is 2.23. The fraction of sp³-hybridized carbons (Fsp3) is 0.667. The van der Waals surface area contributed by atoms with Crippen molar-refractivity contribution in [1.82, 2.24) is 4.90 Å². The maximum Gasteiger partial charge on any atom is 0.294 e. The van der Waals surface area contributed by atoms with Crippen molar-refractivity contribution < 1.29 is 9.59 Å². The van der Waals surface area contributed by atoms with Crippen molar-refractivity contribution in [3.63, 3.8) is 0 Å². The van der Waals surface area contributed by atoms with Crippen LogP contribution in [0.2, 0.25) is 0 Å². The summed E-state index contributed by atoms with van der Waals surface area (Å²) in [5.74, 6) is -0.577. The number of hydrogen-bond acceptors (Lipinski definition) is 2. The van der Waals surface area contributed by atoms with Gasteiger partial charge < -0.3 is 4.90 Å². The minimum absolute atomic E-state index is 0.256. The SMILES string of the molecule is CCCCN1C(=O)C(=O)CC(CC)=C1C. The van der Waals surface area contributed by atoms with Crippen LogP contribution in [0.1, 0.15) is 46.5 Å². The molecule has 0 bridgehead atoms. The second kappa shape index (κ2) is 5.10. The third-order valence-corrected chi connectivity index (χ3v) is 2.94. The molecule has 1 aliphatic heterocycles. The van der Waals surface area contributed by atoms with E-state index >= 15 is 0 Å². The Hall–Kier alpha value is -1.12. The quantitative estimate of drug-likeness (QED) is 0.666. The van der Waals surface area contributed by atoms with Gasteiger partial charge >= 0.3 is 0 Å². The zero-order valence-corrected chi connectivity index (χ0v) is 9.80. The maximum atomic E-state index is 11.6. The number of amides is 1.